The molecule has 2 aliphatic rings. The first-order valence-corrected chi connectivity index (χ1v) is 44.1. The average Bonchev–Trinajstić information content (AvgIpc) is 1.71. The monoisotopic (exact) mass is 2260 g/mol. The van der Waals surface area contributed by atoms with Gasteiger partial charge in [0.25, 0.3) is 0 Å². The molecule has 10 heterocycles. The van der Waals surface area contributed by atoms with Crippen LogP contribution in [0.15, 0.2) is 399 Å². The molecule has 0 fully saturated rings. The van der Waals surface area contributed by atoms with Crippen LogP contribution in [0.4, 0.5) is 46.0 Å². The van der Waals surface area contributed by atoms with Crippen LogP contribution in [-0.4, -0.2) is 50.4 Å². The van der Waals surface area contributed by atoms with Crippen LogP contribution in [0.25, 0.3) is 149 Å². The molecule has 13 nitrogen and oxygen atoms in total. The van der Waals surface area contributed by atoms with Crippen LogP contribution in [0, 0.1) is 42.7 Å². The van der Waals surface area contributed by atoms with Crippen LogP contribution in [0.2, 0.25) is 0 Å². The third-order valence-electron chi connectivity index (χ3n) is 23.9. The van der Waals surface area contributed by atoms with Gasteiger partial charge in [-0.1, -0.05) is 257 Å². The quantitative estimate of drug-likeness (QED) is 0.0656. The summed E-state index contributed by atoms with van der Waals surface area (Å²) in [6.45, 7) is 0. The number of benzene rings is 16. The summed E-state index contributed by atoms with van der Waals surface area (Å²) in [6, 6.07) is 144. The Kier molecular flexibility index (Phi) is 22.4. The maximum Gasteiger partial charge on any atom is 3.00 e. The molecule has 16 aromatic carbocycles. The van der Waals surface area contributed by atoms with E-state index in [0.717, 1.165) is 188 Å². The van der Waals surface area contributed by atoms with Crippen molar-refractivity contribution >= 4 is 184 Å². The van der Waals surface area contributed by atoms with Crippen LogP contribution in [0.3, 0.4) is 0 Å². The summed E-state index contributed by atoms with van der Waals surface area (Å²) in [4.78, 5) is 21.1. The molecular weight excluding hydrogens is 2200 g/mol. The van der Waals surface area contributed by atoms with E-state index in [9.17, 15) is 0 Å². The number of para-hydroxylation sites is 6. The van der Waals surface area contributed by atoms with E-state index in [4.69, 9.17) is 36.8 Å². The Morgan fingerprint density at radius 2 is 1.05 bits per heavy atom. The summed E-state index contributed by atoms with van der Waals surface area (Å²) in [7, 11) is 3.59. The Balaban J connectivity index is 0.000000118. The second-order valence-electron chi connectivity index (χ2n) is 31.4. The van der Waals surface area contributed by atoms with Gasteiger partial charge in [0.2, 0.25) is 0 Å². The van der Waals surface area contributed by atoms with E-state index in [1.165, 1.54) is 20.9 Å². The van der Waals surface area contributed by atoms with Crippen molar-refractivity contribution in [1.29, 1.82) is 0 Å². The number of furan rings is 4. The number of fused-ring (bicyclic) bond motifs is 14. The van der Waals surface area contributed by atoms with E-state index in [1.54, 1.807) is 12.5 Å². The molecule has 8 aromatic heterocycles. The van der Waals surface area contributed by atoms with Crippen LogP contribution >= 0.6 is 0 Å². The predicted octanol–water partition coefficient (Wildman–Crippen LogP) is 25.8. The summed E-state index contributed by atoms with van der Waals surface area (Å²) >= 11 is 0. The molecular formula is C113H66Au3N7O6Si2-4. The Morgan fingerprint density at radius 3 is 1.81 bits per heavy atom. The summed E-state index contributed by atoms with van der Waals surface area (Å²) in [5.74, 6) is 3.23. The minimum atomic E-state index is -1.35. The second kappa shape index (κ2) is 35.2. The predicted molar refractivity (Wildman–Crippen MR) is 516 cm³/mol. The molecule has 131 heavy (non-hydrogen) atoms. The van der Waals surface area contributed by atoms with E-state index in [2.05, 4.69) is 291 Å². The fourth-order valence-electron chi connectivity index (χ4n) is 17.9. The third kappa shape index (κ3) is 14.8. The van der Waals surface area contributed by atoms with Crippen LogP contribution in [0.5, 0.6) is 11.5 Å². The average molecular weight is 2260 g/mol. The first-order chi connectivity index (χ1) is 63.3. The SMILES string of the molecule is CN1c2cc3cccc(-c4[c-]oc5ccccc45)c3[c-]c2N(c2nc3c(-c4[c-]cccc4)coc3o2)c2ccccc21.[Au+3].[Au].[Au].[SiH]=C(c1ccccc1)c1coc2ccc(-n3c4[c-]c5c(-c6[c-]cccc6)cccc5cc4c4ccccc43)nc12.[c-]1c2c(cc3cccc(-c4ccccn4)c13)Oc1ccccc1N2c1[c-]c2c([Si](c3ccccc3)c3ccccc3)cccc2o1. The van der Waals surface area contributed by atoms with Crippen LogP contribution in [-0.2, 0) is 67.1 Å². The number of aromatic nitrogens is 4. The van der Waals surface area contributed by atoms with E-state index in [0.29, 0.717) is 28.9 Å². The number of ether oxygens (including phenoxy) is 1. The molecule has 24 aromatic rings. The van der Waals surface area contributed by atoms with E-state index < -0.39 is 8.80 Å². The minimum Gasteiger partial charge on any atom is -0.557 e. The van der Waals surface area contributed by atoms with Gasteiger partial charge in [-0.05, 0) is 93.2 Å². The maximum absolute atomic E-state index is 6.71. The molecule has 634 valence electrons. The van der Waals surface area contributed by atoms with Crippen LogP contribution < -0.4 is 35.0 Å². The molecule has 0 aliphatic carbocycles. The third-order valence-corrected chi connectivity index (χ3v) is 27.3. The standard InChI is InChI=1S/C41H25N2O2Si.C36H20N3O3.C36H21N2OSi.3Au/c1-3-14-29(15-4-1)46(30-16-5-2-6-17-30)40-23-12-22-37-33(40)27-41(45-37)43-35-20-7-8-21-38(35)44-39-25-28-13-11-18-31(32(28)26-36(39)43)34-19-9-10-24-42-34;1-38-29-15-6-7-16-30(29)39(36-37-34-27(20-41-35(34)42-36)22-10-3-2-4-11-22)32-19-26-23(18-31(32)38)12-9-14-24(26)28-21-40-33-17-8-5-13-25(28)33;40-36(24-12-5-2-6-13-24)30-22-39-33-18-19-34(37-35(30)33)38-31-17-8-7-15-27(31)29-20-25-14-9-16-26(28(25)21-32(29)38)23-10-3-1-4-11-23;;;/h1-25H;2-10,12-18,20H,1H3;1-10,12-20,22,40H;;;/q-2;-3;-2;;;+3. The van der Waals surface area contributed by atoms with Crippen LogP contribution in [0.1, 0.15) is 11.1 Å². The Morgan fingerprint density at radius 1 is 0.427 bits per heavy atom. The number of oxazole rings is 1. The van der Waals surface area contributed by atoms with E-state index in [-0.39, 0.29) is 67.1 Å². The number of hydrogen-bond donors (Lipinski definition) is 0. The molecule has 0 amide bonds. The smallest absolute Gasteiger partial charge is 0.557 e. The van der Waals surface area contributed by atoms with Crippen molar-refractivity contribution in [3.8, 4) is 62.0 Å². The Hall–Kier alpha value is -14.5. The van der Waals surface area contributed by atoms with E-state index >= 15 is 0 Å². The molecule has 0 atom stereocenters. The fraction of sp³-hybridized carbons (Fsp3) is 0.00885. The zero-order valence-electron chi connectivity index (χ0n) is 69.4. The second-order valence-corrected chi connectivity index (χ2v) is 34.4. The van der Waals surface area contributed by atoms with Gasteiger partial charge in [0.1, 0.15) is 34.7 Å². The Labute approximate surface area is 804 Å². The van der Waals surface area contributed by atoms with Crippen molar-refractivity contribution in [1.82, 2.24) is 19.5 Å². The number of nitrogens with zero attached hydrogens (tertiary/aromatic N) is 7. The molecule has 0 bridgehead atoms. The number of hydrogen-bond acceptors (Lipinski definition) is 12. The largest absolute Gasteiger partial charge is 3.00 e. The van der Waals surface area contributed by atoms with Crippen molar-refractivity contribution in [3.63, 3.8) is 0 Å². The summed E-state index contributed by atoms with van der Waals surface area (Å²) in [5.41, 5.74) is 21.1. The molecule has 0 saturated carbocycles. The van der Waals surface area contributed by atoms with Gasteiger partial charge >= 0.3 is 34.2 Å². The van der Waals surface area contributed by atoms with Crippen molar-refractivity contribution in [2.75, 3.05) is 21.7 Å². The molecule has 0 unspecified atom stereocenters. The van der Waals surface area contributed by atoms with Crippen molar-refractivity contribution in [3.05, 3.63) is 430 Å². The van der Waals surface area contributed by atoms with Gasteiger partial charge in [-0.2, -0.15) is 4.98 Å². The molecule has 4 radical (unpaired) electrons. The van der Waals surface area contributed by atoms with Gasteiger partial charge < -0.3 is 41.2 Å². The molecule has 0 spiro atoms. The van der Waals surface area contributed by atoms with Gasteiger partial charge in [0.15, 0.2) is 5.58 Å². The molecule has 0 saturated heterocycles. The fourth-order valence-corrected chi connectivity index (χ4v) is 21.0. The first kappa shape index (κ1) is 83.4. The van der Waals surface area contributed by atoms with Gasteiger partial charge in [0.05, 0.1) is 37.9 Å². The molecule has 26 rings (SSSR count). The van der Waals surface area contributed by atoms with Crippen molar-refractivity contribution in [2.24, 2.45) is 0 Å². The number of rotatable bonds is 12. The van der Waals surface area contributed by atoms with E-state index in [1.807, 2.05) is 157 Å². The minimum absolute atomic E-state index is 0. The molecule has 18 heteroatoms. The Bertz CT molecular complexity index is 8420. The van der Waals surface area contributed by atoms with Crippen molar-refractivity contribution < 1.29 is 94.0 Å². The normalized spacial score (nSPS) is 11.9. The number of pyridine rings is 2. The summed E-state index contributed by atoms with van der Waals surface area (Å²) in [5, 5.41) is 15.4. The summed E-state index contributed by atoms with van der Waals surface area (Å²) in [6.07, 6.45) is 8.42. The van der Waals surface area contributed by atoms with Gasteiger partial charge in [0, 0.05) is 108 Å². The van der Waals surface area contributed by atoms with Gasteiger partial charge in [-0.15, -0.1) is 180 Å². The zero-order valence-corrected chi connectivity index (χ0v) is 78.0. The van der Waals surface area contributed by atoms with Gasteiger partial charge in [-0.3, -0.25) is 9.88 Å². The van der Waals surface area contributed by atoms with Crippen molar-refractivity contribution in [2.45, 2.75) is 0 Å². The number of anilines is 8. The maximum atomic E-state index is 6.71. The molecule has 0 N–H and O–H groups in total. The van der Waals surface area contributed by atoms with Gasteiger partial charge in [-0.25, -0.2) is 4.98 Å². The summed E-state index contributed by atoms with van der Waals surface area (Å²) < 4.78 is 39.3. The first-order valence-electron chi connectivity index (χ1n) is 42.0. The molecule has 2 aliphatic heterocycles. The topological polar surface area (TPSA) is 128 Å². The zero-order chi connectivity index (χ0) is 84.9.